The van der Waals surface area contributed by atoms with Crippen LogP contribution in [0.25, 0.3) is 10.9 Å². The highest BCUT2D eigenvalue weighted by molar-refractivity contribution is 6.04. The van der Waals surface area contributed by atoms with Crippen molar-refractivity contribution in [3.63, 3.8) is 0 Å². The maximum Gasteiger partial charge on any atom is 0.275 e. The van der Waals surface area contributed by atoms with E-state index in [-0.39, 0.29) is 11.9 Å². The van der Waals surface area contributed by atoms with E-state index in [1.807, 2.05) is 29.2 Å². The van der Waals surface area contributed by atoms with Crippen LogP contribution in [-0.4, -0.2) is 27.5 Å². The monoisotopic (exact) mass is 319 g/mol. The number of nitrogens with one attached hydrogen (secondary N) is 1. The lowest BCUT2D eigenvalue weighted by atomic mass is 9.99. The van der Waals surface area contributed by atoms with Gasteiger partial charge in [-0.1, -0.05) is 36.4 Å². The summed E-state index contributed by atoms with van der Waals surface area (Å²) < 4.78 is 0. The Morgan fingerprint density at radius 3 is 2.83 bits per heavy atom. The van der Waals surface area contributed by atoms with Crippen molar-refractivity contribution in [3.8, 4) is 0 Å². The van der Waals surface area contributed by atoms with Crippen molar-refractivity contribution < 1.29 is 4.79 Å². The lowest BCUT2D eigenvalue weighted by Crippen LogP contribution is -2.31. The second-order valence-electron chi connectivity index (χ2n) is 6.62. The molecule has 2 aromatic carbocycles. The quantitative estimate of drug-likeness (QED) is 0.771. The molecule has 1 atom stereocenters. The fourth-order valence-electron chi connectivity index (χ4n) is 3.59. The molecular weight excluding hydrogens is 298 g/mol. The number of hydrogen-bond donors (Lipinski definition) is 1. The van der Waals surface area contributed by atoms with Gasteiger partial charge >= 0.3 is 0 Å². The van der Waals surface area contributed by atoms with E-state index in [1.165, 1.54) is 16.7 Å². The third kappa shape index (κ3) is 2.39. The summed E-state index contributed by atoms with van der Waals surface area (Å²) in [6.07, 6.45) is 2.04. The van der Waals surface area contributed by atoms with Crippen LogP contribution in [0.15, 0.2) is 42.5 Å². The molecule has 122 valence electrons. The van der Waals surface area contributed by atoms with E-state index in [4.69, 9.17) is 0 Å². The molecule has 1 amide bonds. The first-order chi connectivity index (χ1) is 11.6. The SMILES string of the molecule is Cc1ccc(C2CCCN2C(=O)c2n[nH]c3ccccc23)cc1C. The minimum absolute atomic E-state index is 0.0215. The van der Waals surface area contributed by atoms with Gasteiger partial charge in [-0.25, -0.2) is 0 Å². The van der Waals surface area contributed by atoms with Crippen LogP contribution in [0.2, 0.25) is 0 Å². The third-order valence-electron chi connectivity index (χ3n) is 5.10. The number of carbonyl (C=O) groups excluding carboxylic acids is 1. The van der Waals surface area contributed by atoms with Gasteiger partial charge < -0.3 is 4.90 Å². The number of hydrogen-bond acceptors (Lipinski definition) is 2. The van der Waals surface area contributed by atoms with Crippen LogP contribution < -0.4 is 0 Å². The number of fused-ring (bicyclic) bond motifs is 1. The van der Waals surface area contributed by atoms with Crippen LogP contribution in [0.4, 0.5) is 0 Å². The Morgan fingerprint density at radius 2 is 2.00 bits per heavy atom. The Hall–Kier alpha value is -2.62. The normalized spacial score (nSPS) is 17.6. The van der Waals surface area contributed by atoms with E-state index in [1.54, 1.807) is 0 Å². The summed E-state index contributed by atoms with van der Waals surface area (Å²) in [5.41, 5.74) is 5.22. The van der Waals surface area contributed by atoms with Gasteiger partial charge in [0.1, 0.15) is 0 Å². The van der Waals surface area contributed by atoms with E-state index in [0.29, 0.717) is 5.69 Å². The van der Waals surface area contributed by atoms with Gasteiger partial charge in [-0.2, -0.15) is 5.10 Å². The van der Waals surface area contributed by atoms with Crippen molar-refractivity contribution in [3.05, 3.63) is 64.8 Å². The second kappa shape index (κ2) is 5.78. The molecule has 1 aliphatic heterocycles. The number of likely N-dealkylation sites (tertiary alicyclic amines) is 1. The van der Waals surface area contributed by atoms with Crippen LogP contribution in [0.3, 0.4) is 0 Å². The number of H-pyrrole nitrogens is 1. The van der Waals surface area contributed by atoms with Crippen LogP contribution in [0.5, 0.6) is 0 Å². The second-order valence-corrected chi connectivity index (χ2v) is 6.62. The highest BCUT2D eigenvalue weighted by Gasteiger charge is 2.32. The lowest BCUT2D eigenvalue weighted by Gasteiger charge is -2.25. The summed E-state index contributed by atoms with van der Waals surface area (Å²) >= 11 is 0. The molecule has 1 fully saturated rings. The summed E-state index contributed by atoms with van der Waals surface area (Å²) in [5, 5.41) is 8.15. The van der Waals surface area contributed by atoms with Crippen molar-refractivity contribution >= 4 is 16.8 Å². The molecule has 0 saturated carbocycles. The largest absolute Gasteiger partial charge is 0.330 e. The van der Waals surface area contributed by atoms with Crippen LogP contribution in [0.1, 0.15) is 46.1 Å². The summed E-state index contributed by atoms with van der Waals surface area (Å²) in [5.74, 6) is 0.0215. The number of aromatic amines is 1. The van der Waals surface area contributed by atoms with Gasteiger partial charge in [-0.3, -0.25) is 9.89 Å². The molecule has 1 saturated heterocycles. The molecule has 0 spiro atoms. The van der Waals surface area contributed by atoms with Crippen molar-refractivity contribution in [1.82, 2.24) is 15.1 Å². The lowest BCUT2D eigenvalue weighted by molar-refractivity contribution is 0.0731. The Kier molecular flexibility index (Phi) is 3.60. The van der Waals surface area contributed by atoms with Crippen molar-refractivity contribution in [2.45, 2.75) is 32.7 Å². The zero-order chi connectivity index (χ0) is 16.7. The highest BCUT2D eigenvalue weighted by atomic mass is 16.2. The maximum absolute atomic E-state index is 13.1. The number of nitrogens with zero attached hydrogens (tertiary/aromatic N) is 2. The molecule has 3 aromatic rings. The number of aromatic nitrogens is 2. The van der Waals surface area contributed by atoms with Gasteiger partial charge in [0, 0.05) is 11.9 Å². The fraction of sp³-hybridized carbons (Fsp3) is 0.300. The molecule has 2 heterocycles. The molecule has 1 unspecified atom stereocenters. The smallest absolute Gasteiger partial charge is 0.275 e. The third-order valence-corrected chi connectivity index (χ3v) is 5.10. The standard InChI is InChI=1S/C20H21N3O/c1-13-9-10-15(12-14(13)2)18-8-5-11-23(18)20(24)19-16-6-3-4-7-17(16)21-22-19/h3-4,6-7,9-10,12,18H,5,8,11H2,1-2H3,(H,21,22). The average molecular weight is 319 g/mol. The number of rotatable bonds is 2. The Labute approximate surface area is 141 Å². The molecule has 0 aliphatic carbocycles. The average Bonchev–Trinajstić information content (AvgIpc) is 3.23. The minimum Gasteiger partial charge on any atom is -0.330 e. The van der Waals surface area contributed by atoms with Gasteiger partial charge in [0.05, 0.1) is 11.6 Å². The number of aryl methyl sites for hydroxylation is 2. The molecule has 4 heteroatoms. The molecule has 0 radical (unpaired) electrons. The molecule has 0 bridgehead atoms. The number of carbonyl (C=O) groups is 1. The van der Waals surface area contributed by atoms with Gasteiger partial charge in [0.25, 0.3) is 5.91 Å². The first-order valence-electron chi connectivity index (χ1n) is 8.46. The van der Waals surface area contributed by atoms with Crippen molar-refractivity contribution in [2.24, 2.45) is 0 Å². The molecule has 4 nitrogen and oxygen atoms in total. The van der Waals surface area contributed by atoms with E-state index in [0.717, 1.165) is 30.3 Å². The van der Waals surface area contributed by atoms with E-state index >= 15 is 0 Å². The number of amides is 1. The Bertz CT molecular complexity index is 912. The summed E-state index contributed by atoms with van der Waals surface area (Å²) in [6.45, 7) is 5.03. The number of para-hydroxylation sites is 1. The van der Waals surface area contributed by atoms with Crippen molar-refractivity contribution in [1.29, 1.82) is 0 Å². The minimum atomic E-state index is 0.0215. The van der Waals surface area contributed by atoms with E-state index in [2.05, 4.69) is 42.2 Å². The molecule has 4 rings (SSSR count). The predicted octanol–water partition coefficient (Wildman–Crippen LogP) is 4.16. The topological polar surface area (TPSA) is 49.0 Å². The molecular formula is C20H21N3O. The molecule has 1 aliphatic rings. The van der Waals surface area contributed by atoms with Crippen LogP contribution >= 0.6 is 0 Å². The molecule has 1 N–H and O–H groups in total. The van der Waals surface area contributed by atoms with Gasteiger partial charge in [-0.05, 0) is 49.4 Å². The summed E-state index contributed by atoms with van der Waals surface area (Å²) in [6, 6.07) is 14.5. The van der Waals surface area contributed by atoms with Gasteiger partial charge in [-0.15, -0.1) is 0 Å². The van der Waals surface area contributed by atoms with Crippen LogP contribution in [-0.2, 0) is 0 Å². The van der Waals surface area contributed by atoms with Crippen molar-refractivity contribution in [2.75, 3.05) is 6.54 Å². The van der Waals surface area contributed by atoms with Gasteiger partial charge in [0.15, 0.2) is 5.69 Å². The zero-order valence-corrected chi connectivity index (χ0v) is 14.0. The van der Waals surface area contributed by atoms with Gasteiger partial charge in [0.2, 0.25) is 0 Å². The molecule has 1 aromatic heterocycles. The Balaban J connectivity index is 1.69. The Morgan fingerprint density at radius 1 is 1.17 bits per heavy atom. The fourth-order valence-corrected chi connectivity index (χ4v) is 3.59. The summed E-state index contributed by atoms with van der Waals surface area (Å²) in [7, 11) is 0. The first kappa shape index (κ1) is 14.9. The predicted molar refractivity (Wildman–Crippen MR) is 95.0 cm³/mol. The zero-order valence-electron chi connectivity index (χ0n) is 14.0. The van der Waals surface area contributed by atoms with Crippen LogP contribution in [0, 0.1) is 13.8 Å². The van der Waals surface area contributed by atoms with E-state index < -0.39 is 0 Å². The summed E-state index contributed by atoms with van der Waals surface area (Å²) in [4.78, 5) is 15.1. The molecule has 24 heavy (non-hydrogen) atoms. The maximum atomic E-state index is 13.1. The highest BCUT2D eigenvalue weighted by Crippen LogP contribution is 2.34. The van der Waals surface area contributed by atoms with E-state index in [9.17, 15) is 4.79 Å². The first-order valence-corrected chi connectivity index (χ1v) is 8.46. The number of benzene rings is 2.